The molecule has 2 aromatic heterocycles. The molecule has 0 saturated heterocycles. The molecule has 156 valence electrons. The minimum Gasteiger partial charge on any atom is -0.493 e. The van der Waals surface area contributed by atoms with Gasteiger partial charge in [0.05, 0.1) is 17.7 Å². The maximum absolute atomic E-state index is 11.4. The average molecular weight is 415 g/mol. The number of nitro benzene ring substituents is 1. The molecule has 7 heteroatoms. The third-order valence-corrected chi connectivity index (χ3v) is 4.96. The summed E-state index contributed by atoms with van der Waals surface area (Å²) in [5, 5.41) is 11.4. The smallest absolute Gasteiger partial charge is 0.310 e. The van der Waals surface area contributed by atoms with Gasteiger partial charge >= 0.3 is 5.69 Å². The molecule has 0 saturated carbocycles. The van der Waals surface area contributed by atoms with E-state index in [2.05, 4.69) is 4.98 Å². The number of rotatable bonds is 7. The lowest BCUT2D eigenvalue weighted by atomic mass is 10.1. The Hall–Kier alpha value is -4.13. The van der Waals surface area contributed by atoms with Crippen molar-refractivity contribution >= 4 is 23.5 Å². The molecule has 0 aliphatic carbocycles. The monoisotopic (exact) mass is 415 g/mol. The van der Waals surface area contributed by atoms with E-state index in [4.69, 9.17) is 9.47 Å². The number of imidazole rings is 1. The Morgan fingerprint density at radius 3 is 2.61 bits per heavy atom. The number of aryl methyl sites for hydroxylation is 1. The molecule has 0 bridgehead atoms. The van der Waals surface area contributed by atoms with Gasteiger partial charge in [-0.1, -0.05) is 36.4 Å². The summed E-state index contributed by atoms with van der Waals surface area (Å²) in [4.78, 5) is 15.6. The molecule has 0 amide bonds. The normalized spacial score (nSPS) is 11.2. The largest absolute Gasteiger partial charge is 0.493 e. The van der Waals surface area contributed by atoms with E-state index in [1.165, 1.54) is 6.07 Å². The highest BCUT2D eigenvalue weighted by molar-refractivity contribution is 5.73. The SMILES string of the molecule is COc1cccn2c(C)c(C=Cc3ccc([N+](=O)[O-])c(OCc4ccccc4)c3)nc12. The lowest BCUT2D eigenvalue weighted by Crippen LogP contribution is -1.99. The Bertz CT molecular complexity index is 1260. The summed E-state index contributed by atoms with van der Waals surface area (Å²) in [6, 6.07) is 18.1. The molecule has 31 heavy (non-hydrogen) atoms. The molecule has 7 nitrogen and oxygen atoms in total. The number of hydrogen-bond donors (Lipinski definition) is 0. The van der Waals surface area contributed by atoms with E-state index < -0.39 is 4.92 Å². The Morgan fingerprint density at radius 2 is 1.87 bits per heavy atom. The summed E-state index contributed by atoms with van der Waals surface area (Å²) in [5.41, 5.74) is 4.13. The van der Waals surface area contributed by atoms with Gasteiger partial charge in [0.25, 0.3) is 0 Å². The topological polar surface area (TPSA) is 78.9 Å². The zero-order valence-corrected chi connectivity index (χ0v) is 17.2. The van der Waals surface area contributed by atoms with E-state index in [1.54, 1.807) is 19.2 Å². The van der Waals surface area contributed by atoms with Crippen LogP contribution in [0.1, 0.15) is 22.5 Å². The summed E-state index contributed by atoms with van der Waals surface area (Å²) in [5.74, 6) is 0.918. The number of methoxy groups -OCH3 is 1. The first-order chi connectivity index (χ1) is 15.1. The van der Waals surface area contributed by atoms with Crippen molar-refractivity contribution in [2.24, 2.45) is 0 Å². The van der Waals surface area contributed by atoms with Crippen LogP contribution in [0.15, 0.2) is 66.9 Å². The highest BCUT2D eigenvalue weighted by Crippen LogP contribution is 2.30. The van der Waals surface area contributed by atoms with Crippen LogP contribution in [0.4, 0.5) is 5.69 Å². The van der Waals surface area contributed by atoms with Crippen LogP contribution >= 0.6 is 0 Å². The Balaban J connectivity index is 1.62. The van der Waals surface area contributed by atoms with Gasteiger partial charge in [0.15, 0.2) is 17.1 Å². The van der Waals surface area contributed by atoms with Crippen molar-refractivity contribution in [3.05, 3.63) is 99.5 Å². The number of aromatic nitrogens is 2. The van der Waals surface area contributed by atoms with E-state index in [0.717, 1.165) is 28.2 Å². The molecule has 2 aromatic carbocycles. The van der Waals surface area contributed by atoms with Crippen molar-refractivity contribution in [2.45, 2.75) is 13.5 Å². The van der Waals surface area contributed by atoms with Gasteiger partial charge < -0.3 is 13.9 Å². The summed E-state index contributed by atoms with van der Waals surface area (Å²) in [7, 11) is 1.61. The molecule has 0 aliphatic heterocycles. The first-order valence-electron chi connectivity index (χ1n) is 9.71. The number of ether oxygens (including phenoxy) is 2. The third kappa shape index (κ3) is 4.25. The minimum absolute atomic E-state index is 0.0678. The summed E-state index contributed by atoms with van der Waals surface area (Å²) < 4.78 is 13.1. The Kier molecular flexibility index (Phi) is 5.66. The maximum Gasteiger partial charge on any atom is 0.310 e. The Morgan fingerprint density at radius 1 is 1.06 bits per heavy atom. The van der Waals surface area contributed by atoms with Crippen LogP contribution < -0.4 is 9.47 Å². The quantitative estimate of drug-likeness (QED) is 0.302. The van der Waals surface area contributed by atoms with Crippen molar-refractivity contribution in [3.8, 4) is 11.5 Å². The van der Waals surface area contributed by atoms with Crippen molar-refractivity contribution in [2.75, 3.05) is 7.11 Å². The van der Waals surface area contributed by atoms with E-state index >= 15 is 0 Å². The molecule has 4 rings (SSSR count). The fourth-order valence-corrected chi connectivity index (χ4v) is 3.31. The van der Waals surface area contributed by atoms with Crippen LogP contribution in [0.5, 0.6) is 11.5 Å². The zero-order valence-electron chi connectivity index (χ0n) is 17.2. The predicted octanol–water partition coefficient (Wildman–Crippen LogP) is 5.31. The second-order valence-corrected chi connectivity index (χ2v) is 6.94. The number of nitrogens with zero attached hydrogens (tertiary/aromatic N) is 3. The molecule has 0 unspecified atom stereocenters. The van der Waals surface area contributed by atoms with Gasteiger partial charge in [0, 0.05) is 18.0 Å². The lowest BCUT2D eigenvalue weighted by molar-refractivity contribution is -0.385. The second-order valence-electron chi connectivity index (χ2n) is 6.94. The number of hydrogen-bond acceptors (Lipinski definition) is 5. The third-order valence-electron chi connectivity index (χ3n) is 4.96. The molecule has 0 fully saturated rings. The standard InChI is InChI=1S/C24H21N3O4/c1-17-20(25-24-22(30-2)9-6-14-26(17)24)12-10-18-11-13-21(27(28)29)23(15-18)31-16-19-7-4-3-5-8-19/h3-15H,16H2,1-2H3. The maximum atomic E-state index is 11.4. The van der Waals surface area contributed by atoms with Crippen LogP contribution in [-0.4, -0.2) is 21.4 Å². The first-order valence-corrected chi connectivity index (χ1v) is 9.71. The van der Waals surface area contributed by atoms with E-state index in [0.29, 0.717) is 5.75 Å². The van der Waals surface area contributed by atoms with Gasteiger partial charge in [-0.15, -0.1) is 0 Å². The van der Waals surface area contributed by atoms with Crippen LogP contribution in [0, 0.1) is 17.0 Å². The second kappa shape index (κ2) is 8.71. The summed E-state index contributed by atoms with van der Waals surface area (Å²) >= 11 is 0. The van der Waals surface area contributed by atoms with Crippen LogP contribution in [-0.2, 0) is 6.61 Å². The van der Waals surface area contributed by atoms with Crippen molar-refractivity contribution < 1.29 is 14.4 Å². The van der Waals surface area contributed by atoms with Gasteiger partial charge in [0.2, 0.25) is 0 Å². The summed E-state index contributed by atoms with van der Waals surface area (Å²) in [6.45, 7) is 2.23. The molecular formula is C24H21N3O4. The molecule has 0 atom stereocenters. The average Bonchev–Trinajstić information content (AvgIpc) is 3.12. The van der Waals surface area contributed by atoms with Crippen LogP contribution in [0.2, 0.25) is 0 Å². The molecule has 2 heterocycles. The summed E-state index contributed by atoms with van der Waals surface area (Å²) in [6.07, 6.45) is 5.67. The fraction of sp³-hybridized carbons (Fsp3) is 0.125. The van der Waals surface area contributed by atoms with Gasteiger partial charge in [-0.05, 0) is 48.4 Å². The molecule has 0 radical (unpaired) electrons. The highest BCUT2D eigenvalue weighted by Gasteiger charge is 2.16. The van der Waals surface area contributed by atoms with Crippen molar-refractivity contribution in [3.63, 3.8) is 0 Å². The molecule has 0 aliphatic rings. The zero-order chi connectivity index (χ0) is 21.8. The fourth-order valence-electron chi connectivity index (χ4n) is 3.31. The molecular weight excluding hydrogens is 394 g/mol. The van der Waals surface area contributed by atoms with E-state index in [-0.39, 0.29) is 18.0 Å². The molecule has 0 spiro atoms. The van der Waals surface area contributed by atoms with Crippen molar-refractivity contribution in [1.29, 1.82) is 0 Å². The minimum atomic E-state index is -0.438. The van der Waals surface area contributed by atoms with Gasteiger partial charge in [-0.2, -0.15) is 0 Å². The van der Waals surface area contributed by atoms with Crippen molar-refractivity contribution in [1.82, 2.24) is 9.38 Å². The van der Waals surface area contributed by atoms with Crippen LogP contribution in [0.3, 0.4) is 0 Å². The van der Waals surface area contributed by atoms with E-state index in [1.807, 2.05) is 72.1 Å². The Labute approximate surface area is 179 Å². The van der Waals surface area contributed by atoms with Crippen LogP contribution in [0.25, 0.3) is 17.8 Å². The highest BCUT2D eigenvalue weighted by atomic mass is 16.6. The number of fused-ring (bicyclic) bond motifs is 1. The lowest BCUT2D eigenvalue weighted by Gasteiger charge is -2.08. The molecule has 0 N–H and O–H groups in total. The number of benzene rings is 2. The number of pyridine rings is 1. The number of nitro groups is 1. The van der Waals surface area contributed by atoms with E-state index in [9.17, 15) is 10.1 Å². The first kappa shape index (κ1) is 20.2. The van der Waals surface area contributed by atoms with Gasteiger partial charge in [0.1, 0.15) is 6.61 Å². The molecule has 4 aromatic rings. The predicted molar refractivity (Wildman–Crippen MR) is 119 cm³/mol. The van der Waals surface area contributed by atoms with Gasteiger partial charge in [-0.3, -0.25) is 10.1 Å². The van der Waals surface area contributed by atoms with Gasteiger partial charge in [-0.25, -0.2) is 4.98 Å².